The number of thiazole rings is 1. The lowest BCUT2D eigenvalue weighted by molar-refractivity contribution is -0.384. The number of aromatic nitrogens is 1. The van der Waals surface area contributed by atoms with Gasteiger partial charge in [-0.25, -0.2) is 0 Å². The van der Waals surface area contributed by atoms with Gasteiger partial charge in [0.05, 0.1) is 21.7 Å². The molecule has 0 aliphatic carbocycles. The lowest BCUT2D eigenvalue weighted by atomic mass is 10.2. The van der Waals surface area contributed by atoms with Gasteiger partial charge in [-0.15, -0.1) is 0 Å². The smallest absolute Gasteiger partial charge is 0.272 e. The van der Waals surface area contributed by atoms with Crippen molar-refractivity contribution in [3.63, 3.8) is 0 Å². The monoisotopic (exact) mass is 417 g/mol. The first-order chi connectivity index (χ1) is 13.5. The molecule has 0 saturated carbocycles. The molecule has 0 fully saturated rings. The average Bonchev–Trinajstić information content (AvgIpc) is 3.01. The largest absolute Gasteiger partial charge is 0.383 e. The molecule has 7 nitrogen and oxygen atoms in total. The Hall–Kier alpha value is -2.81. The summed E-state index contributed by atoms with van der Waals surface area (Å²) >= 11 is 7.29. The Morgan fingerprint density at radius 1 is 1.36 bits per heavy atom. The number of carbonyl (C=O) groups is 1. The van der Waals surface area contributed by atoms with E-state index in [-0.39, 0.29) is 5.69 Å². The van der Waals surface area contributed by atoms with Gasteiger partial charge in [-0.2, -0.15) is 4.99 Å². The second-order valence-corrected chi connectivity index (χ2v) is 7.16. The zero-order chi connectivity index (χ0) is 20.1. The fourth-order valence-electron chi connectivity index (χ4n) is 2.56. The Labute approximate surface area is 169 Å². The molecule has 0 N–H and O–H groups in total. The van der Waals surface area contributed by atoms with Crippen molar-refractivity contribution in [1.82, 2.24) is 4.57 Å². The van der Waals surface area contributed by atoms with Crippen LogP contribution in [0.2, 0.25) is 5.02 Å². The minimum absolute atomic E-state index is 0.0101. The van der Waals surface area contributed by atoms with E-state index >= 15 is 0 Å². The normalized spacial score (nSPS) is 12.1. The molecule has 1 amide bonds. The van der Waals surface area contributed by atoms with E-state index < -0.39 is 10.8 Å². The summed E-state index contributed by atoms with van der Waals surface area (Å²) in [6, 6.07) is 11.7. The van der Waals surface area contributed by atoms with Crippen molar-refractivity contribution in [1.29, 1.82) is 0 Å². The summed E-state index contributed by atoms with van der Waals surface area (Å²) < 4.78 is 7.61. The third kappa shape index (κ3) is 4.53. The van der Waals surface area contributed by atoms with E-state index in [0.717, 1.165) is 5.52 Å². The summed E-state index contributed by atoms with van der Waals surface area (Å²) in [6.45, 7) is 0.883. The molecule has 0 radical (unpaired) electrons. The van der Waals surface area contributed by atoms with Gasteiger partial charge in [0.25, 0.3) is 11.6 Å². The van der Waals surface area contributed by atoms with Crippen LogP contribution in [0.4, 0.5) is 5.69 Å². The van der Waals surface area contributed by atoms with Crippen LogP contribution >= 0.6 is 22.9 Å². The van der Waals surface area contributed by atoms with Gasteiger partial charge >= 0.3 is 0 Å². The molecule has 2 aromatic carbocycles. The van der Waals surface area contributed by atoms with Crippen LogP contribution in [0.3, 0.4) is 0 Å². The van der Waals surface area contributed by atoms with E-state index in [1.807, 2.05) is 10.6 Å². The van der Waals surface area contributed by atoms with Crippen molar-refractivity contribution in [3.8, 4) is 0 Å². The molecule has 0 bridgehead atoms. The van der Waals surface area contributed by atoms with E-state index in [9.17, 15) is 14.9 Å². The van der Waals surface area contributed by atoms with Crippen LogP contribution in [0, 0.1) is 10.1 Å². The van der Waals surface area contributed by atoms with E-state index in [2.05, 4.69) is 4.99 Å². The van der Waals surface area contributed by atoms with Crippen LogP contribution in [0.1, 0.15) is 5.56 Å². The van der Waals surface area contributed by atoms with Gasteiger partial charge in [0.2, 0.25) is 0 Å². The molecule has 3 rings (SSSR count). The number of hydrogen-bond acceptors (Lipinski definition) is 5. The Balaban J connectivity index is 2.00. The number of amides is 1. The topological polar surface area (TPSA) is 86.7 Å². The number of carbonyl (C=O) groups excluding carboxylic acids is 1. The van der Waals surface area contributed by atoms with Gasteiger partial charge in [-0.05, 0) is 23.8 Å². The number of rotatable bonds is 6. The molecular weight excluding hydrogens is 402 g/mol. The molecule has 3 aromatic rings. The lowest BCUT2D eigenvalue weighted by Crippen LogP contribution is -2.18. The number of nitrogens with zero attached hydrogens (tertiary/aromatic N) is 3. The van der Waals surface area contributed by atoms with Crippen molar-refractivity contribution < 1.29 is 14.5 Å². The van der Waals surface area contributed by atoms with Crippen LogP contribution in [-0.2, 0) is 16.1 Å². The molecular formula is C19H16ClN3O4S. The highest BCUT2D eigenvalue weighted by molar-refractivity contribution is 7.16. The highest BCUT2D eigenvalue weighted by Gasteiger charge is 2.12. The first-order valence-corrected chi connectivity index (χ1v) is 9.47. The summed E-state index contributed by atoms with van der Waals surface area (Å²) in [5.41, 5.74) is 1.46. The van der Waals surface area contributed by atoms with Crippen LogP contribution in [0.5, 0.6) is 0 Å². The SMILES string of the molecule is COCCn1c(=NC(=O)C=Cc2ccccc2Cl)sc2cc([N+](=O)[O-])ccc21. The number of nitro benzene ring substituents is 1. The fraction of sp³-hybridized carbons (Fsp3) is 0.158. The Morgan fingerprint density at radius 2 is 2.14 bits per heavy atom. The molecule has 1 heterocycles. The maximum Gasteiger partial charge on any atom is 0.272 e. The highest BCUT2D eigenvalue weighted by Crippen LogP contribution is 2.23. The Morgan fingerprint density at radius 3 is 2.86 bits per heavy atom. The molecule has 9 heteroatoms. The molecule has 0 spiro atoms. The summed E-state index contributed by atoms with van der Waals surface area (Å²) in [4.78, 5) is 27.5. The first-order valence-electron chi connectivity index (χ1n) is 8.27. The van der Waals surface area contributed by atoms with Crippen molar-refractivity contribution in [2.24, 2.45) is 4.99 Å². The summed E-state index contributed by atoms with van der Waals surface area (Å²) in [6.07, 6.45) is 2.94. The van der Waals surface area contributed by atoms with Crippen LogP contribution < -0.4 is 4.80 Å². The number of nitro groups is 1. The van der Waals surface area contributed by atoms with E-state index in [1.54, 1.807) is 37.5 Å². The number of halogens is 1. The number of ether oxygens (including phenoxy) is 1. The van der Waals surface area contributed by atoms with E-state index in [0.29, 0.717) is 33.2 Å². The molecule has 0 aliphatic rings. The van der Waals surface area contributed by atoms with Gasteiger partial charge < -0.3 is 9.30 Å². The minimum atomic E-state index is -0.452. The van der Waals surface area contributed by atoms with Crippen LogP contribution in [0.25, 0.3) is 16.3 Å². The molecule has 1 aromatic heterocycles. The van der Waals surface area contributed by atoms with E-state index in [1.165, 1.54) is 29.5 Å². The molecule has 28 heavy (non-hydrogen) atoms. The quantitative estimate of drug-likeness (QED) is 0.344. The second kappa shape index (κ2) is 8.92. The van der Waals surface area contributed by atoms with Crippen molar-refractivity contribution in [3.05, 3.63) is 74.0 Å². The van der Waals surface area contributed by atoms with Crippen LogP contribution in [0.15, 0.2) is 53.5 Å². The molecule has 0 saturated heterocycles. The van der Waals surface area contributed by atoms with Crippen LogP contribution in [-0.4, -0.2) is 29.1 Å². The number of methoxy groups -OCH3 is 1. The fourth-order valence-corrected chi connectivity index (χ4v) is 3.86. The molecule has 0 unspecified atom stereocenters. The van der Waals surface area contributed by atoms with Crippen molar-refractivity contribution >= 4 is 50.8 Å². The van der Waals surface area contributed by atoms with E-state index in [4.69, 9.17) is 16.3 Å². The zero-order valence-electron chi connectivity index (χ0n) is 14.9. The van der Waals surface area contributed by atoms with Gasteiger partial charge in [-0.1, -0.05) is 41.1 Å². The maximum atomic E-state index is 12.3. The standard InChI is InChI=1S/C19H16ClN3O4S/c1-27-11-10-22-16-8-7-14(23(25)26)12-17(16)28-19(22)21-18(24)9-6-13-4-2-3-5-15(13)20/h2-9,12H,10-11H2,1H3. The number of hydrogen-bond donors (Lipinski definition) is 0. The number of non-ortho nitro benzene ring substituents is 1. The maximum absolute atomic E-state index is 12.3. The number of fused-ring (bicyclic) bond motifs is 1. The summed E-state index contributed by atoms with van der Waals surface area (Å²) in [7, 11) is 1.58. The minimum Gasteiger partial charge on any atom is -0.383 e. The van der Waals surface area contributed by atoms with Crippen molar-refractivity contribution in [2.45, 2.75) is 6.54 Å². The molecule has 144 valence electrons. The van der Waals surface area contributed by atoms with Crippen molar-refractivity contribution in [2.75, 3.05) is 13.7 Å². The lowest BCUT2D eigenvalue weighted by Gasteiger charge is -2.03. The Bertz CT molecular complexity index is 1130. The second-order valence-electron chi connectivity index (χ2n) is 5.74. The van der Waals surface area contributed by atoms with Gasteiger partial charge in [0.15, 0.2) is 4.80 Å². The average molecular weight is 418 g/mol. The van der Waals surface area contributed by atoms with Gasteiger partial charge in [-0.3, -0.25) is 14.9 Å². The third-order valence-electron chi connectivity index (χ3n) is 3.91. The zero-order valence-corrected chi connectivity index (χ0v) is 16.4. The predicted octanol–water partition coefficient (Wildman–Crippen LogP) is 4.05. The predicted molar refractivity (Wildman–Crippen MR) is 109 cm³/mol. The summed E-state index contributed by atoms with van der Waals surface area (Å²) in [5, 5.41) is 11.6. The van der Waals surface area contributed by atoms with Gasteiger partial charge in [0.1, 0.15) is 0 Å². The summed E-state index contributed by atoms with van der Waals surface area (Å²) in [5.74, 6) is -0.452. The number of benzene rings is 2. The Kier molecular flexibility index (Phi) is 6.35. The molecule has 0 aliphatic heterocycles. The highest BCUT2D eigenvalue weighted by atomic mass is 35.5. The third-order valence-corrected chi connectivity index (χ3v) is 5.30. The first kappa shape index (κ1) is 19.9. The molecule has 0 atom stereocenters. The van der Waals surface area contributed by atoms with Gasteiger partial charge in [0, 0.05) is 36.9 Å².